The highest BCUT2D eigenvalue weighted by Crippen LogP contribution is 2.28. The first-order valence-corrected chi connectivity index (χ1v) is 11.5. The number of primary sulfonamides is 1. The molecule has 0 unspecified atom stereocenters. The number of nitrogens with zero attached hydrogens (tertiary/aromatic N) is 1. The molecular formula is C22H17N3O4S2. The van der Waals surface area contributed by atoms with Crippen molar-refractivity contribution in [3.8, 4) is 0 Å². The van der Waals surface area contributed by atoms with Crippen LogP contribution < -0.4 is 10.5 Å². The molecule has 0 aliphatic heterocycles. The van der Waals surface area contributed by atoms with E-state index < -0.39 is 15.9 Å². The number of benzene rings is 3. The molecule has 3 aromatic carbocycles. The third-order valence-corrected chi connectivity index (χ3v) is 6.48. The Morgan fingerprint density at radius 2 is 1.65 bits per heavy atom. The average Bonchev–Trinajstić information content (AvgIpc) is 3.14. The zero-order valence-electron chi connectivity index (χ0n) is 16.3. The summed E-state index contributed by atoms with van der Waals surface area (Å²) in [6.07, 6.45) is 0. The molecule has 31 heavy (non-hydrogen) atoms. The van der Waals surface area contributed by atoms with Gasteiger partial charge < -0.3 is 0 Å². The van der Waals surface area contributed by atoms with E-state index in [0.29, 0.717) is 15.8 Å². The van der Waals surface area contributed by atoms with Crippen LogP contribution in [0.4, 0.5) is 5.13 Å². The van der Waals surface area contributed by atoms with Crippen molar-refractivity contribution in [3.63, 3.8) is 0 Å². The van der Waals surface area contributed by atoms with Crippen molar-refractivity contribution in [1.82, 2.24) is 4.98 Å². The Balaban J connectivity index is 1.63. The van der Waals surface area contributed by atoms with Gasteiger partial charge in [-0.15, -0.1) is 0 Å². The number of aryl methyl sites for hydroxylation is 1. The minimum Gasteiger partial charge on any atom is -0.298 e. The Morgan fingerprint density at radius 3 is 2.32 bits per heavy atom. The third-order valence-electron chi connectivity index (χ3n) is 4.64. The van der Waals surface area contributed by atoms with Crippen molar-refractivity contribution in [2.24, 2.45) is 5.14 Å². The van der Waals surface area contributed by atoms with Crippen LogP contribution in [-0.4, -0.2) is 25.1 Å². The Bertz CT molecular complexity index is 1420. The van der Waals surface area contributed by atoms with Crippen LogP contribution in [-0.2, 0) is 10.0 Å². The number of aromatic nitrogens is 1. The molecule has 4 rings (SSSR count). The lowest BCUT2D eigenvalue weighted by Gasteiger charge is -2.08. The maximum Gasteiger partial charge on any atom is 0.258 e. The van der Waals surface area contributed by atoms with Crippen molar-refractivity contribution >= 4 is 48.4 Å². The van der Waals surface area contributed by atoms with Crippen molar-refractivity contribution < 1.29 is 18.0 Å². The van der Waals surface area contributed by atoms with Crippen LogP contribution in [0.25, 0.3) is 10.2 Å². The summed E-state index contributed by atoms with van der Waals surface area (Å²) in [7, 11) is -3.84. The van der Waals surface area contributed by atoms with Gasteiger partial charge in [0, 0.05) is 11.1 Å². The number of hydrogen-bond acceptors (Lipinski definition) is 6. The monoisotopic (exact) mass is 451 g/mol. The van der Waals surface area contributed by atoms with Crippen LogP contribution in [0.3, 0.4) is 0 Å². The van der Waals surface area contributed by atoms with Gasteiger partial charge in [0.1, 0.15) is 0 Å². The molecule has 0 aliphatic carbocycles. The normalized spacial score (nSPS) is 11.4. The van der Waals surface area contributed by atoms with E-state index in [1.807, 2.05) is 19.1 Å². The number of thiazole rings is 1. The molecule has 0 radical (unpaired) electrons. The summed E-state index contributed by atoms with van der Waals surface area (Å²) in [5.74, 6) is -0.741. The Labute approximate surface area is 182 Å². The zero-order chi connectivity index (χ0) is 22.2. The summed E-state index contributed by atoms with van der Waals surface area (Å²) in [6, 6.07) is 18.0. The molecule has 0 saturated carbocycles. The largest absolute Gasteiger partial charge is 0.298 e. The highest BCUT2D eigenvalue weighted by atomic mass is 32.2. The molecule has 156 valence electrons. The minimum atomic E-state index is -3.84. The van der Waals surface area contributed by atoms with Crippen molar-refractivity contribution in [2.45, 2.75) is 11.8 Å². The number of ketones is 1. The van der Waals surface area contributed by atoms with Gasteiger partial charge >= 0.3 is 0 Å². The first kappa shape index (κ1) is 20.9. The molecule has 0 spiro atoms. The molecule has 0 aliphatic rings. The highest BCUT2D eigenvalue weighted by Gasteiger charge is 2.19. The van der Waals surface area contributed by atoms with Crippen molar-refractivity contribution in [2.75, 3.05) is 5.32 Å². The number of rotatable bonds is 5. The van der Waals surface area contributed by atoms with E-state index >= 15 is 0 Å². The summed E-state index contributed by atoms with van der Waals surface area (Å²) < 4.78 is 23.6. The van der Waals surface area contributed by atoms with E-state index in [2.05, 4.69) is 10.3 Å². The van der Waals surface area contributed by atoms with Crippen LogP contribution >= 0.6 is 11.3 Å². The summed E-state index contributed by atoms with van der Waals surface area (Å²) >= 11 is 1.11. The van der Waals surface area contributed by atoms with E-state index in [0.717, 1.165) is 16.9 Å². The van der Waals surface area contributed by atoms with Gasteiger partial charge in [0.2, 0.25) is 10.0 Å². The van der Waals surface area contributed by atoms with E-state index in [4.69, 9.17) is 5.14 Å². The van der Waals surface area contributed by atoms with Gasteiger partial charge in [0.25, 0.3) is 5.91 Å². The molecule has 9 heteroatoms. The molecule has 7 nitrogen and oxygen atoms in total. The first-order valence-electron chi connectivity index (χ1n) is 9.17. The summed E-state index contributed by atoms with van der Waals surface area (Å²) in [5, 5.41) is 8.15. The fourth-order valence-electron chi connectivity index (χ4n) is 3.04. The number of carbonyl (C=O) groups excluding carboxylic acids is 2. The lowest BCUT2D eigenvalue weighted by Crippen LogP contribution is -2.16. The summed E-state index contributed by atoms with van der Waals surface area (Å²) in [6.45, 7) is 1.93. The number of nitrogens with two attached hydrogens (primary N) is 1. The second-order valence-electron chi connectivity index (χ2n) is 6.89. The van der Waals surface area contributed by atoms with Gasteiger partial charge in [-0.2, -0.15) is 0 Å². The minimum absolute atomic E-state index is 0.0319. The topological polar surface area (TPSA) is 119 Å². The van der Waals surface area contributed by atoms with Gasteiger partial charge in [0.15, 0.2) is 10.9 Å². The van der Waals surface area contributed by atoms with Gasteiger partial charge in [-0.3, -0.25) is 14.9 Å². The molecule has 0 fully saturated rings. The number of amides is 1. The van der Waals surface area contributed by atoms with Crippen molar-refractivity contribution in [3.05, 3.63) is 89.0 Å². The molecule has 3 N–H and O–H groups in total. The highest BCUT2D eigenvalue weighted by molar-refractivity contribution is 7.89. The molecule has 1 amide bonds. The van der Waals surface area contributed by atoms with Gasteiger partial charge in [-0.05, 0) is 31.2 Å². The first-order chi connectivity index (χ1) is 14.7. The van der Waals surface area contributed by atoms with E-state index in [-0.39, 0.29) is 26.9 Å². The fraction of sp³-hybridized carbons (Fsp3) is 0.0455. The number of nitrogens with one attached hydrogen (secondary N) is 1. The second kappa shape index (κ2) is 8.03. The standard InChI is InChI=1S/C22H17N3O4S2/c1-13-6-8-14(9-7-13)20(26)16-4-2-3-5-17(16)21(27)25-22-24-18-11-10-15(31(23,28)29)12-19(18)30-22/h2-12H,1H3,(H2,23,28,29)(H,24,25,27). The number of carbonyl (C=O) groups is 2. The van der Waals surface area contributed by atoms with Crippen LogP contribution in [0.15, 0.2) is 71.6 Å². The predicted octanol–water partition coefficient (Wildman–Crippen LogP) is 3.74. The van der Waals surface area contributed by atoms with E-state index in [9.17, 15) is 18.0 Å². The second-order valence-corrected chi connectivity index (χ2v) is 9.48. The number of hydrogen-bond donors (Lipinski definition) is 2. The average molecular weight is 452 g/mol. The van der Waals surface area contributed by atoms with Crippen LogP contribution in [0.1, 0.15) is 31.8 Å². The molecule has 1 aromatic heterocycles. The molecule has 0 bridgehead atoms. The smallest absolute Gasteiger partial charge is 0.258 e. The fourth-order valence-corrected chi connectivity index (χ4v) is 4.55. The van der Waals surface area contributed by atoms with E-state index in [1.165, 1.54) is 18.2 Å². The Kier molecular flexibility index (Phi) is 5.40. The van der Waals surface area contributed by atoms with Crippen LogP contribution in [0.5, 0.6) is 0 Å². The van der Waals surface area contributed by atoms with Gasteiger partial charge in [-0.25, -0.2) is 18.5 Å². The third kappa shape index (κ3) is 4.38. The SMILES string of the molecule is Cc1ccc(C(=O)c2ccccc2C(=O)Nc2nc3ccc(S(N)(=O)=O)cc3s2)cc1. The van der Waals surface area contributed by atoms with Crippen molar-refractivity contribution in [1.29, 1.82) is 0 Å². The Hall–Kier alpha value is -3.40. The number of sulfonamides is 1. The molecular weight excluding hydrogens is 434 g/mol. The Morgan fingerprint density at radius 1 is 0.968 bits per heavy atom. The lowest BCUT2D eigenvalue weighted by molar-refractivity contribution is 0.0996. The number of anilines is 1. The molecule has 0 atom stereocenters. The van der Waals surface area contributed by atoms with E-state index in [1.54, 1.807) is 36.4 Å². The molecule has 1 heterocycles. The lowest BCUT2D eigenvalue weighted by atomic mass is 9.97. The van der Waals surface area contributed by atoms with Gasteiger partial charge in [-0.1, -0.05) is 59.4 Å². The predicted molar refractivity (Wildman–Crippen MR) is 120 cm³/mol. The zero-order valence-corrected chi connectivity index (χ0v) is 18.0. The quantitative estimate of drug-likeness (QED) is 0.448. The molecule has 4 aromatic rings. The van der Waals surface area contributed by atoms with Gasteiger partial charge in [0.05, 0.1) is 20.7 Å². The molecule has 0 saturated heterocycles. The summed E-state index contributed by atoms with van der Waals surface area (Å²) in [4.78, 5) is 30.1. The summed E-state index contributed by atoms with van der Waals surface area (Å²) in [5.41, 5.74) is 2.54. The van der Waals surface area contributed by atoms with Crippen LogP contribution in [0, 0.1) is 6.92 Å². The maximum absolute atomic E-state index is 12.9. The maximum atomic E-state index is 12.9. The number of fused-ring (bicyclic) bond motifs is 1. The van der Waals surface area contributed by atoms with Crippen LogP contribution in [0.2, 0.25) is 0 Å².